The zero-order valence-corrected chi connectivity index (χ0v) is 17.1. The van der Waals surface area contributed by atoms with E-state index in [0.717, 1.165) is 23.3 Å². The second-order valence-corrected chi connectivity index (χ2v) is 8.86. The van der Waals surface area contributed by atoms with Crippen LogP contribution in [0, 0.1) is 0 Å². The van der Waals surface area contributed by atoms with Crippen molar-refractivity contribution in [3.05, 3.63) is 90.0 Å². The summed E-state index contributed by atoms with van der Waals surface area (Å²) in [5.74, 6) is 0.782. The summed E-state index contributed by atoms with van der Waals surface area (Å²) < 4.78 is 34.1. The van der Waals surface area contributed by atoms with Crippen molar-refractivity contribution < 1.29 is 13.2 Å². The highest BCUT2D eigenvalue weighted by Crippen LogP contribution is 2.39. The van der Waals surface area contributed by atoms with Gasteiger partial charge < -0.3 is 10.1 Å². The van der Waals surface area contributed by atoms with Crippen molar-refractivity contribution in [2.24, 2.45) is 0 Å². The van der Waals surface area contributed by atoms with E-state index in [1.165, 1.54) is 4.31 Å². The first-order chi connectivity index (χ1) is 14.1. The Kier molecular flexibility index (Phi) is 5.56. The Hall–Kier alpha value is -2.83. The van der Waals surface area contributed by atoms with Crippen molar-refractivity contribution in [2.75, 3.05) is 11.9 Å². The zero-order chi connectivity index (χ0) is 20.3. The lowest BCUT2D eigenvalue weighted by molar-refractivity contribution is 0.316. The predicted octanol–water partition coefficient (Wildman–Crippen LogP) is 4.79. The third kappa shape index (κ3) is 3.99. The predicted molar refractivity (Wildman–Crippen MR) is 114 cm³/mol. The van der Waals surface area contributed by atoms with Crippen molar-refractivity contribution in [3.8, 4) is 5.75 Å². The van der Waals surface area contributed by atoms with Crippen LogP contribution in [0.2, 0.25) is 0 Å². The minimum atomic E-state index is -3.66. The average Bonchev–Trinajstić information content (AvgIpc) is 2.75. The van der Waals surface area contributed by atoms with Gasteiger partial charge in [0.25, 0.3) is 0 Å². The standard InChI is InChI=1S/C23H24N2O3S/c1-2-16-28-20-14-12-19(13-15-20)23-24-21-10-6-7-11-22(21)29(26,27)25(23)17-18-8-4-3-5-9-18/h3-15,23-24H,2,16-17H2,1H3. The smallest absolute Gasteiger partial charge is 0.247 e. The van der Waals surface area contributed by atoms with Crippen LogP contribution >= 0.6 is 0 Å². The molecule has 0 spiro atoms. The summed E-state index contributed by atoms with van der Waals surface area (Å²) in [6.45, 7) is 3.00. The number of nitrogens with zero attached hydrogens (tertiary/aromatic N) is 1. The Balaban J connectivity index is 1.73. The maximum atomic E-state index is 13.5. The van der Waals surface area contributed by atoms with Gasteiger partial charge in [0.2, 0.25) is 10.0 Å². The van der Waals surface area contributed by atoms with Crippen LogP contribution in [0.25, 0.3) is 0 Å². The van der Waals surface area contributed by atoms with Crippen LogP contribution < -0.4 is 10.1 Å². The summed E-state index contributed by atoms with van der Waals surface area (Å²) in [6, 6.07) is 24.3. The minimum Gasteiger partial charge on any atom is -0.494 e. The summed E-state index contributed by atoms with van der Waals surface area (Å²) >= 11 is 0. The van der Waals surface area contributed by atoms with Gasteiger partial charge in [0, 0.05) is 6.54 Å². The van der Waals surface area contributed by atoms with Crippen molar-refractivity contribution >= 4 is 15.7 Å². The lowest BCUT2D eigenvalue weighted by Gasteiger charge is -2.37. The number of hydrogen-bond acceptors (Lipinski definition) is 4. The number of anilines is 1. The Bertz CT molecular complexity index is 1070. The molecule has 6 heteroatoms. The number of rotatable bonds is 6. The number of sulfonamides is 1. The molecule has 0 bridgehead atoms. The maximum Gasteiger partial charge on any atom is 0.247 e. The fourth-order valence-corrected chi connectivity index (χ4v) is 5.13. The molecule has 1 aliphatic heterocycles. The van der Waals surface area contributed by atoms with Gasteiger partial charge >= 0.3 is 0 Å². The number of nitrogens with one attached hydrogen (secondary N) is 1. The molecule has 3 aromatic carbocycles. The van der Waals surface area contributed by atoms with Crippen molar-refractivity contribution in [2.45, 2.75) is 31.0 Å². The van der Waals surface area contributed by atoms with Gasteiger partial charge in [-0.05, 0) is 41.8 Å². The third-order valence-corrected chi connectivity index (χ3v) is 6.77. The number of hydrogen-bond donors (Lipinski definition) is 1. The van der Waals surface area contributed by atoms with Crippen LogP contribution in [0.15, 0.2) is 83.8 Å². The first-order valence-electron chi connectivity index (χ1n) is 9.73. The van der Waals surface area contributed by atoms with E-state index < -0.39 is 16.2 Å². The van der Waals surface area contributed by atoms with Crippen molar-refractivity contribution in [3.63, 3.8) is 0 Å². The number of fused-ring (bicyclic) bond motifs is 1. The molecular weight excluding hydrogens is 384 g/mol. The van der Waals surface area contributed by atoms with Gasteiger partial charge in [0.15, 0.2) is 0 Å². The summed E-state index contributed by atoms with van der Waals surface area (Å²) in [6.07, 6.45) is 0.432. The monoisotopic (exact) mass is 408 g/mol. The number of para-hydroxylation sites is 1. The van der Waals surface area contributed by atoms with Crippen LogP contribution in [0.1, 0.15) is 30.6 Å². The lowest BCUT2D eigenvalue weighted by Crippen LogP contribution is -2.42. The largest absolute Gasteiger partial charge is 0.494 e. The number of ether oxygens (including phenoxy) is 1. The van der Waals surface area contributed by atoms with E-state index in [1.807, 2.05) is 60.7 Å². The van der Waals surface area contributed by atoms with E-state index in [9.17, 15) is 8.42 Å². The highest BCUT2D eigenvalue weighted by Gasteiger charge is 2.38. The first kappa shape index (κ1) is 19.5. The Morgan fingerprint density at radius 3 is 2.34 bits per heavy atom. The molecule has 150 valence electrons. The lowest BCUT2D eigenvalue weighted by atomic mass is 10.1. The topological polar surface area (TPSA) is 58.6 Å². The molecule has 1 heterocycles. The van der Waals surface area contributed by atoms with Crippen LogP contribution in [-0.4, -0.2) is 19.3 Å². The van der Waals surface area contributed by atoms with E-state index in [4.69, 9.17) is 4.74 Å². The van der Waals surface area contributed by atoms with Crippen LogP contribution in [0.4, 0.5) is 5.69 Å². The van der Waals surface area contributed by atoms with Gasteiger partial charge in [0.1, 0.15) is 16.8 Å². The van der Waals surface area contributed by atoms with E-state index in [1.54, 1.807) is 18.2 Å². The average molecular weight is 409 g/mol. The fourth-order valence-electron chi connectivity index (χ4n) is 3.45. The molecule has 1 atom stereocenters. The molecule has 0 aromatic heterocycles. The minimum absolute atomic E-state index is 0.281. The summed E-state index contributed by atoms with van der Waals surface area (Å²) in [7, 11) is -3.66. The second kappa shape index (κ2) is 8.27. The SMILES string of the molecule is CCCOc1ccc(C2Nc3ccccc3S(=O)(=O)N2Cc2ccccc2)cc1. The van der Waals surface area contributed by atoms with Gasteiger partial charge in [-0.15, -0.1) is 0 Å². The van der Waals surface area contributed by atoms with Gasteiger partial charge in [0.05, 0.1) is 12.3 Å². The molecule has 29 heavy (non-hydrogen) atoms. The summed E-state index contributed by atoms with van der Waals surface area (Å²) in [5, 5.41) is 3.41. The molecule has 0 radical (unpaired) electrons. The Morgan fingerprint density at radius 1 is 0.931 bits per heavy atom. The van der Waals surface area contributed by atoms with E-state index in [2.05, 4.69) is 12.2 Å². The van der Waals surface area contributed by atoms with E-state index >= 15 is 0 Å². The molecule has 0 saturated heterocycles. The third-order valence-electron chi connectivity index (χ3n) is 4.90. The van der Waals surface area contributed by atoms with E-state index in [-0.39, 0.29) is 6.54 Å². The molecule has 5 nitrogen and oxygen atoms in total. The molecule has 4 rings (SSSR count). The normalized spacial score (nSPS) is 17.9. The molecule has 1 N–H and O–H groups in total. The first-order valence-corrected chi connectivity index (χ1v) is 11.2. The van der Waals surface area contributed by atoms with Crippen molar-refractivity contribution in [1.82, 2.24) is 4.31 Å². The summed E-state index contributed by atoms with van der Waals surface area (Å²) in [5.41, 5.74) is 2.42. The van der Waals surface area contributed by atoms with Gasteiger partial charge in [-0.2, -0.15) is 4.31 Å². The number of benzene rings is 3. The van der Waals surface area contributed by atoms with Crippen LogP contribution in [-0.2, 0) is 16.6 Å². The highest BCUT2D eigenvalue weighted by atomic mass is 32.2. The maximum absolute atomic E-state index is 13.5. The van der Waals surface area contributed by atoms with Gasteiger partial charge in [-0.3, -0.25) is 0 Å². The molecule has 0 aliphatic carbocycles. The molecule has 0 amide bonds. The molecule has 1 aliphatic rings. The van der Waals surface area contributed by atoms with E-state index in [0.29, 0.717) is 17.2 Å². The second-order valence-electron chi connectivity index (χ2n) is 7.00. The quantitative estimate of drug-likeness (QED) is 0.637. The highest BCUT2D eigenvalue weighted by molar-refractivity contribution is 7.89. The van der Waals surface area contributed by atoms with Crippen molar-refractivity contribution in [1.29, 1.82) is 0 Å². The van der Waals surface area contributed by atoms with Gasteiger partial charge in [-0.25, -0.2) is 8.42 Å². The zero-order valence-electron chi connectivity index (χ0n) is 16.3. The molecular formula is C23H24N2O3S. The fraction of sp³-hybridized carbons (Fsp3) is 0.217. The summed E-state index contributed by atoms with van der Waals surface area (Å²) in [4.78, 5) is 0.301. The van der Waals surface area contributed by atoms with Crippen LogP contribution in [0.5, 0.6) is 5.75 Å². The molecule has 0 fully saturated rings. The molecule has 1 unspecified atom stereocenters. The van der Waals surface area contributed by atoms with Crippen LogP contribution in [0.3, 0.4) is 0 Å². The Morgan fingerprint density at radius 2 is 1.62 bits per heavy atom. The molecule has 0 saturated carbocycles. The molecule has 3 aromatic rings. The Labute approximate surface area is 172 Å². The van der Waals surface area contributed by atoms with Gasteiger partial charge in [-0.1, -0.05) is 61.5 Å².